The van der Waals surface area contributed by atoms with Gasteiger partial charge in [-0.25, -0.2) is 19.6 Å². The Morgan fingerprint density at radius 3 is 1.39 bits per heavy atom. The molecule has 4 rings (SSSR count). The molecule has 0 aliphatic rings. The van der Waals surface area contributed by atoms with E-state index in [2.05, 4.69) is 35.9 Å². The minimum Gasteiger partial charge on any atom is -0.467 e. The van der Waals surface area contributed by atoms with Crippen molar-refractivity contribution in [3.8, 4) is 11.4 Å². The Kier molecular flexibility index (Phi) is 16.8. The molecule has 4 atom stereocenters. The van der Waals surface area contributed by atoms with Gasteiger partial charge in [0, 0.05) is 33.8 Å². The molecule has 0 saturated carbocycles. The van der Waals surface area contributed by atoms with Crippen LogP contribution in [-0.2, 0) is 28.7 Å². The quantitative estimate of drug-likeness (QED) is 0.0510. The lowest BCUT2D eigenvalue weighted by atomic mass is 10.0. The summed E-state index contributed by atoms with van der Waals surface area (Å²) in [6.07, 6.45) is 0. The molecule has 286 valence electrons. The molecule has 0 saturated heterocycles. The Morgan fingerprint density at radius 1 is 0.667 bits per heavy atom. The molecule has 2 aromatic heterocycles. The van der Waals surface area contributed by atoms with Gasteiger partial charge in [0.15, 0.2) is 0 Å². The maximum atomic E-state index is 13.9. The Labute approximate surface area is 337 Å². The van der Waals surface area contributed by atoms with E-state index in [4.69, 9.17) is 30.9 Å². The summed E-state index contributed by atoms with van der Waals surface area (Å²) in [4.78, 5) is 87.0. The standard InChI is InChI=1S/C34H36N6O8S6/c1-47-31(43)27(15-51-53-33(45)21(35)13-49)39-29(41)19-11-25(37-23-9-5-3-7-17(19)23)26-12-20(18-8-4-6-10-24(18)38-26)30(42)40-28(32(44)48-2)16-52-54-34(46)22(36)14-50/h3-12,21-22,27-28,49-50H,13-16,35-36H2,1-2H3,(H,39,41)(H,40,42)/t21-,22-,27?,28?/m0/s1. The summed E-state index contributed by atoms with van der Waals surface area (Å²) in [5, 5.41) is 5.70. The number of hydrogen-bond acceptors (Lipinski definition) is 18. The fraction of sp³-hybridized carbons (Fsp3) is 0.294. The van der Waals surface area contributed by atoms with Crippen molar-refractivity contribution >= 4 is 124 Å². The van der Waals surface area contributed by atoms with Gasteiger partial charge in [0.05, 0.1) is 59.9 Å². The van der Waals surface area contributed by atoms with E-state index in [1.807, 2.05) is 0 Å². The van der Waals surface area contributed by atoms with Crippen LogP contribution in [0.3, 0.4) is 0 Å². The number of nitrogens with two attached hydrogens (primary N) is 2. The lowest BCUT2D eigenvalue weighted by Crippen LogP contribution is -2.43. The van der Waals surface area contributed by atoms with Gasteiger partial charge in [0.25, 0.3) is 11.8 Å². The Morgan fingerprint density at radius 2 is 1.04 bits per heavy atom. The number of benzene rings is 2. The molecule has 54 heavy (non-hydrogen) atoms. The van der Waals surface area contributed by atoms with Crippen molar-refractivity contribution in [2.45, 2.75) is 24.2 Å². The number of carbonyl (C=O) groups excluding carboxylic acids is 6. The zero-order valence-electron chi connectivity index (χ0n) is 28.8. The molecule has 0 spiro atoms. The zero-order valence-corrected chi connectivity index (χ0v) is 33.8. The number of para-hydroxylation sites is 2. The van der Waals surface area contributed by atoms with E-state index in [1.165, 1.54) is 26.4 Å². The van der Waals surface area contributed by atoms with Gasteiger partial charge in [-0.1, -0.05) is 58.0 Å². The fourth-order valence-electron chi connectivity index (χ4n) is 4.68. The highest BCUT2D eigenvalue weighted by Gasteiger charge is 2.27. The number of pyridine rings is 2. The van der Waals surface area contributed by atoms with E-state index < -0.39 is 47.9 Å². The predicted molar refractivity (Wildman–Crippen MR) is 223 cm³/mol. The van der Waals surface area contributed by atoms with Crippen LogP contribution in [0.2, 0.25) is 0 Å². The predicted octanol–water partition coefficient (Wildman–Crippen LogP) is 3.32. The molecule has 0 bridgehead atoms. The van der Waals surface area contributed by atoms with E-state index in [1.54, 1.807) is 48.5 Å². The highest BCUT2D eigenvalue weighted by Crippen LogP contribution is 2.30. The molecule has 20 heteroatoms. The topological polar surface area (TPSA) is 223 Å². The summed E-state index contributed by atoms with van der Waals surface area (Å²) >= 11 is 8.07. The van der Waals surface area contributed by atoms with Crippen LogP contribution in [0.1, 0.15) is 20.7 Å². The van der Waals surface area contributed by atoms with E-state index in [9.17, 15) is 28.8 Å². The molecular weight excluding hydrogens is 813 g/mol. The van der Waals surface area contributed by atoms with Crippen LogP contribution >= 0.6 is 68.4 Å². The van der Waals surface area contributed by atoms with E-state index in [-0.39, 0.29) is 55.8 Å². The number of methoxy groups -OCH3 is 2. The number of esters is 2. The number of thiol groups is 2. The summed E-state index contributed by atoms with van der Waals surface area (Å²) in [7, 11) is 6.16. The second-order valence-corrected chi connectivity index (χ2v) is 16.6. The molecule has 2 heterocycles. The lowest BCUT2D eigenvalue weighted by molar-refractivity contribution is -0.143. The highest BCUT2D eigenvalue weighted by molar-refractivity contribution is 8.82. The van der Waals surface area contributed by atoms with Crippen LogP contribution in [0.4, 0.5) is 0 Å². The maximum absolute atomic E-state index is 13.9. The summed E-state index contributed by atoms with van der Waals surface area (Å²) in [5.41, 5.74) is 13.1. The second-order valence-electron chi connectivity index (χ2n) is 11.2. The van der Waals surface area contributed by atoms with Crippen LogP contribution in [0.15, 0.2) is 60.7 Å². The van der Waals surface area contributed by atoms with Crippen molar-refractivity contribution in [2.24, 2.45) is 11.5 Å². The number of aromatic nitrogens is 2. The first-order valence-electron chi connectivity index (χ1n) is 15.9. The number of carbonyl (C=O) groups is 6. The Bertz CT molecular complexity index is 1900. The number of nitrogens with zero attached hydrogens (tertiary/aromatic N) is 2. The Hall–Kier alpha value is -3.50. The van der Waals surface area contributed by atoms with Gasteiger partial charge in [-0.2, -0.15) is 25.3 Å². The van der Waals surface area contributed by atoms with Crippen LogP contribution in [0.5, 0.6) is 0 Å². The minimum atomic E-state index is -1.12. The lowest BCUT2D eigenvalue weighted by Gasteiger charge is -2.18. The van der Waals surface area contributed by atoms with Gasteiger partial charge in [0.1, 0.15) is 12.1 Å². The molecule has 0 aliphatic carbocycles. The first-order valence-corrected chi connectivity index (χ1v) is 21.8. The molecule has 0 aliphatic heterocycles. The smallest absolute Gasteiger partial charge is 0.329 e. The van der Waals surface area contributed by atoms with Crippen LogP contribution in [0.25, 0.3) is 33.2 Å². The average Bonchev–Trinajstić information content (AvgIpc) is 3.20. The van der Waals surface area contributed by atoms with Crippen molar-refractivity contribution in [2.75, 3.05) is 37.2 Å². The van der Waals surface area contributed by atoms with Gasteiger partial charge >= 0.3 is 11.9 Å². The van der Waals surface area contributed by atoms with Gasteiger partial charge < -0.3 is 31.6 Å². The molecule has 2 amide bonds. The molecule has 0 radical (unpaired) electrons. The molecule has 2 unspecified atom stereocenters. The van der Waals surface area contributed by atoms with Crippen LogP contribution in [-0.4, -0.2) is 105 Å². The number of nitrogens with one attached hydrogen (secondary N) is 2. The summed E-state index contributed by atoms with van der Waals surface area (Å²) in [6.45, 7) is 0. The minimum absolute atomic E-state index is 0.00203. The van der Waals surface area contributed by atoms with Crippen molar-refractivity contribution in [3.05, 3.63) is 71.8 Å². The van der Waals surface area contributed by atoms with Crippen molar-refractivity contribution in [1.82, 2.24) is 20.6 Å². The fourth-order valence-corrected chi connectivity index (χ4v) is 9.41. The Balaban J connectivity index is 1.68. The van der Waals surface area contributed by atoms with E-state index in [0.29, 0.717) is 21.8 Å². The van der Waals surface area contributed by atoms with Crippen molar-refractivity contribution < 1.29 is 38.2 Å². The summed E-state index contributed by atoms with van der Waals surface area (Å²) < 4.78 is 9.83. The maximum Gasteiger partial charge on any atom is 0.329 e. The van der Waals surface area contributed by atoms with Crippen molar-refractivity contribution in [1.29, 1.82) is 0 Å². The molecule has 6 N–H and O–H groups in total. The molecule has 4 aromatic rings. The highest BCUT2D eigenvalue weighted by atomic mass is 33.1. The van der Waals surface area contributed by atoms with Gasteiger partial charge in [0.2, 0.25) is 10.2 Å². The first-order chi connectivity index (χ1) is 25.9. The molecule has 14 nitrogen and oxygen atoms in total. The van der Waals surface area contributed by atoms with Crippen molar-refractivity contribution in [3.63, 3.8) is 0 Å². The second kappa shape index (κ2) is 21.0. The number of hydrogen-bond donors (Lipinski definition) is 6. The zero-order chi connectivity index (χ0) is 39.4. The van der Waals surface area contributed by atoms with Crippen LogP contribution < -0.4 is 22.1 Å². The number of rotatable bonds is 17. The van der Waals surface area contributed by atoms with Gasteiger partial charge in [-0.05, 0) is 45.9 Å². The number of amides is 2. The van der Waals surface area contributed by atoms with Gasteiger partial charge in [-0.15, -0.1) is 0 Å². The normalized spacial score (nSPS) is 13.4. The molecule has 0 fully saturated rings. The molecule has 2 aromatic carbocycles. The number of ether oxygens (including phenoxy) is 2. The first kappa shape index (κ1) is 43.2. The molecular formula is C34H36N6O8S6. The van der Waals surface area contributed by atoms with E-state index in [0.717, 1.165) is 43.2 Å². The number of fused-ring (bicyclic) bond motifs is 2. The SMILES string of the molecule is COC(=O)C(CSSC(=O)[C@@H](N)CS)NC(=O)c1cc(-c2cc(C(=O)NC(CSSC(=O)[C@@H](N)CS)C(=O)OC)c3ccccc3n2)nc2ccccc12. The van der Waals surface area contributed by atoms with Gasteiger partial charge in [-0.3, -0.25) is 19.2 Å². The monoisotopic (exact) mass is 848 g/mol. The summed E-state index contributed by atoms with van der Waals surface area (Å²) in [6, 6.07) is 12.9. The van der Waals surface area contributed by atoms with Crippen LogP contribution in [0, 0.1) is 0 Å². The van der Waals surface area contributed by atoms with E-state index >= 15 is 0 Å². The largest absolute Gasteiger partial charge is 0.467 e. The third kappa shape index (κ3) is 11.3. The third-order valence-corrected chi connectivity index (χ3v) is 12.9. The average molecular weight is 849 g/mol. The third-order valence-electron chi connectivity index (χ3n) is 7.52. The summed E-state index contributed by atoms with van der Waals surface area (Å²) in [5.74, 6) is -2.39.